The third-order valence-corrected chi connectivity index (χ3v) is 9.41. The fraction of sp³-hybridized carbons (Fsp3) is 0.394. The van der Waals surface area contributed by atoms with Gasteiger partial charge in [0.15, 0.2) is 5.78 Å². The van der Waals surface area contributed by atoms with Crippen molar-refractivity contribution in [2.24, 2.45) is 0 Å². The topological polar surface area (TPSA) is 89.9 Å². The predicted octanol–water partition coefficient (Wildman–Crippen LogP) is 5.90. The second-order valence-electron chi connectivity index (χ2n) is 11.4. The number of benzene rings is 3. The Hall–Kier alpha value is -2.81. The Morgan fingerprint density at radius 2 is 1.86 bits per heavy atom. The monoisotopic (exact) mass is 612 g/mol. The molecule has 0 bridgehead atoms. The molecule has 5 atom stereocenters. The zero-order valence-corrected chi connectivity index (χ0v) is 24.9. The molecule has 3 N–H and O–H groups in total. The van der Waals surface area contributed by atoms with Crippen molar-refractivity contribution in [2.45, 2.75) is 68.0 Å². The van der Waals surface area contributed by atoms with Crippen molar-refractivity contribution in [3.63, 3.8) is 0 Å². The molecule has 5 rings (SSSR count). The molecule has 222 valence electrons. The van der Waals surface area contributed by atoms with E-state index in [9.17, 15) is 19.8 Å². The molecule has 1 saturated heterocycles. The molecule has 0 radical (unpaired) electrons. The van der Waals surface area contributed by atoms with Gasteiger partial charge in [-0.2, -0.15) is 0 Å². The average Bonchev–Trinajstić information content (AvgIpc) is 3.39. The summed E-state index contributed by atoms with van der Waals surface area (Å²) in [7, 11) is 1.86. The van der Waals surface area contributed by atoms with Crippen molar-refractivity contribution in [1.82, 2.24) is 4.90 Å². The number of hydrogen-bond acceptors (Lipinski definition) is 5. The van der Waals surface area contributed by atoms with Crippen LogP contribution in [0.3, 0.4) is 0 Å². The molecule has 0 saturated carbocycles. The number of aliphatic hydroxyl groups is 2. The minimum absolute atomic E-state index is 0.0896. The summed E-state index contributed by atoms with van der Waals surface area (Å²) in [6, 6.07) is 18.9. The molecule has 2 aliphatic heterocycles. The first kappa shape index (κ1) is 30.6. The van der Waals surface area contributed by atoms with Crippen LogP contribution < -0.4 is 5.32 Å². The molecular formula is C33H35Cl2FN2O4. The largest absolute Gasteiger partial charge is 0.394 e. The van der Waals surface area contributed by atoms with Crippen LogP contribution in [0, 0.1) is 5.82 Å². The number of rotatable bonds is 11. The van der Waals surface area contributed by atoms with E-state index in [1.807, 2.05) is 36.2 Å². The Kier molecular flexibility index (Phi) is 9.35. The van der Waals surface area contributed by atoms with Crippen molar-refractivity contribution in [2.75, 3.05) is 19.0 Å². The molecule has 3 aromatic rings. The highest BCUT2D eigenvalue weighted by molar-refractivity contribution is 6.31. The van der Waals surface area contributed by atoms with Crippen LogP contribution in [0.4, 0.5) is 10.1 Å². The van der Waals surface area contributed by atoms with Crippen LogP contribution in [0.5, 0.6) is 0 Å². The maximum Gasteiger partial charge on any atom is 0.237 e. The van der Waals surface area contributed by atoms with Gasteiger partial charge in [-0.25, -0.2) is 4.39 Å². The van der Waals surface area contributed by atoms with Gasteiger partial charge in [0.1, 0.15) is 11.2 Å². The van der Waals surface area contributed by atoms with E-state index in [0.29, 0.717) is 34.7 Å². The van der Waals surface area contributed by atoms with Crippen LogP contribution in [0.15, 0.2) is 66.7 Å². The molecule has 0 aromatic heterocycles. The molecule has 0 unspecified atom stereocenters. The van der Waals surface area contributed by atoms with E-state index in [-0.39, 0.29) is 36.2 Å². The highest BCUT2D eigenvalue weighted by atomic mass is 35.5. The van der Waals surface area contributed by atoms with Gasteiger partial charge in [0, 0.05) is 29.1 Å². The summed E-state index contributed by atoms with van der Waals surface area (Å²) in [5.41, 5.74) is 1.53. The molecule has 1 amide bonds. The Labute approximate surface area is 255 Å². The van der Waals surface area contributed by atoms with E-state index >= 15 is 4.39 Å². The Morgan fingerprint density at radius 3 is 2.57 bits per heavy atom. The smallest absolute Gasteiger partial charge is 0.237 e. The Balaban J connectivity index is 1.62. The second-order valence-corrected chi connectivity index (χ2v) is 12.2. The highest BCUT2D eigenvalue weighted by Gasteiger charge is 2.67. The minimum Gasteiger partial charge on any atom is -0.394 e. The Morgan fingerprint density at radius 1 is 1.10 bits per heavy atom. The van der Waals surface area contributed by atoms with E-state index in [0.717, 1.165) is 12.8 Å². The summed E-state index contributed by atoms with van der Waals surface area (Å²) in [4.78, 5) is 30.4. The maximum absolute atomic E-state index is 15.1. The summed E-state index contributed by atoms with van der Waals surface area (Å²) < 4.78 is 15.1. The molecule has 6 nitrogen and oxygen atoms in total. The molecule has 2 aliphatic rings. The number of anilines is 1. The first-order valence-electron chi connectivity index (χ1n) is 14.3. The van der Waals surface area contributed by atoms with Gasteiger partial charge in [-0.3, -0.25) is 14.5 Å². The maximum atomic E-state index is 15.1. The lowest BCUT2D eigenvalue weighted by molar-refractivity contribution is -0.124. The van der Waals surface area contributed by atoms with Gasteiger partial charge in [0.25, 0.3) is 0 Å². The number of aryl methyl sites for hydroxylation is 1. The van der Waals surface area contributed by atoms with E-state index in [1.54, 1.807) is 18.2 Å². The quantitative estimate of drug-likeness (QED) is 0.251. The number of fused-ring (bicyclic) bond motifs is 2. The number of carbonyl (C=O) groups excluding carboxylic acids is 2. The second kappa shape index (κ2) is 12.8. The Bertz CT molecular complexity index is 1460. The number of hydrogen-bond donors (Lipinski definition) is 3. The van der Waals surface area contributed by atoms with Crippen LogP contribution in [0.25, 0.3) is 0 Å². The van der Waals surface area contributed by atoms with Gasteiger partial charge in [-0.05, 0) is 80.1 Å². The first-order chi connectivity index (χ1) is 20.2. The van der Waals surface area contributed by atoms with E-state index in [1.165, 1.54) is 17.7 Å². The van der Waals surface area contributed by atoms with Gasteiger partial charge in [-0.1, -0.05) is 65.7 Å². The lowest BCUT2D eigenvalue weighted by Gasteiger charge is -2.36. The number of carbonyl (C=O) groups is 2. The highest BCUT2D eigenvalue weighted by Crippen LogP contribution is 2.59. The molecular weight excluding hydrogens is 578 g/mol. The molecule has 1 fully saturated rings. The number of likely N-dealkylation sites (N-methyl/N-ethyl adjacent to an activating group) is 1. The number of ketones is 1. The van der Waals surface area contributed by atoms with Crippen LogP contribution in [-0.2, 0) is 21.4 Å². The van der Waals surface area contributed by atoms with Gasteiger partial charge in [0.2, 0.25) is 5.91 Å². The molecule has 9 heteroatoms. The van der Waals surface area contributed by atoms with E-state index < -0.39 is 35.3 Å². The van der Waals surface area contributed by atoms with Crippen LogP contribution in [-0.4, -0.2) is 58.6 Å². The lowest BCUT2D eigenvalue weighted by atomic mass is 9.63. The van der Waals surface area contributed by atoms with Gasteiger partial charge in [-0.15, -0.1) is 0 Å². The molecule has 2 heterocycles. The lowest BCUT2D eigenvalue weighted by Crippen LogP contribution is -2.48. The minimum atomic E-state index is -1.29. The van der Waals surface area contributed by atoms with Crippen LogP contribution in [0.1, 0.15) is 54.7 Å². The third kappa shape index (κ3) is 5.61. The fourth-order valence-corrected chi connectivity index (χ4v) is 7.43. The zero-order chi connectivity index (χ0) is 30.0. The number of nitrogens with zero attached hydrogens (tertiary/aromatic N) is 1. The summed E-state index contributed by atoms with van der Waals surface area (Å²) in [6.07, 6.45) is 2.01. The SMILES string of the molecule is CN1[C@@H](C(=O)CCC[C@H](O)CO)[C@H](c2cccc(Cl)c2)[C@@]2(C(=O)Nc3cc(Cl)c(F)cc32)[C@H]1CCCc1ccccc1. The predicted molar refractivity (Wildman–Crippen MR) is 163 cm³/mol. The standard InChI is InChI=1S/C33H35Cl2FN2O4/c1-38-29(15-5-10-20-8-3-2-4-9-20)33(24-17-26(36)25(35)18-27(24)37-32(33)42)30(21-11-6-12-22(34)16-21)31(38)28(41)14-7-13-23(40)19-39/h2-4,6,8-9,11-12,16-18,23,29-31,39-40H,5,7,10,13-15,19H2,1H3,(H,37,42)/t23-,29+,30-,31-,33-/m0/s1. The third-order valence-electron chi connectivity index (χ3n) is 8.89. The summed E-state index contributed by atoms with van der Waals surface area (Å²) >= 11 is 12.6. The van der Waals surface area contributed by atoms with Crippen LogP contribution >= 0.6 is 23.2 Å². The number of likely N-dealkylation sites (tertiary alicyclic amines) is 1. The van der Waals surface area contributed by atoms with Crippen LogP contribution in [0.2, 0.25) is 10.0 Å². The van der Waals surface area contributed by atoms with Crippen molar-refractivity contribution in [1.29, 1.82) is 0 Å². The zero-order valence-electron chi connectivity index (χ0n) is 23.4. The number of Topliss-reactive ketones (excluding diaryl/α,β-unsaturated/α-hetero) is 1. The number of aliphatic hydroxyl groups excluding tert-OH is 2. The van der Waals surface area contributed by atoms with Gasteiger partial charge in [0.05, 0.1) is 23.8 Å². The number of halogens is 3. The van der Waals surface area contributed by atoms with Gasteiger partial charge < -0.3 is 15.5 Å². The summed E-state index contributed by atoms with van der Waals surface area (Å²) in [6.45, 7) is -0.375. The molecule has 42 heavy (non-hydrogen) atoms. The summed E-state index contributed by atoms with van der Waals surface area (Å²) in [5, 5.41) is 22.4. The average molecular weight is 614 g/mol. The van der Waals surface area contributed by atoms with Crippen molar-refractivity contribution in [3.05, 3.63) is 99.3 Å². The van der Waals surface area contributed by atoms with Crippen molar-refractivity contribution >= 4 is 40.6 Å². The normalized spacial score (nSPS) is 24.1. The van der Waals surface area contributed by atoms with Gasteiger partial charge >= 0.3 is 0 Å². The number of amides is 1. The van der Waals surface area contributed by atoms with E-state index in [2.05, 4.69) is 17.4 Å². The van der Waals surface area contributed by atoms with Crippen molar-refractivity contribution < 1.29 is 24.2 Å². The molecule has 1 spiro atoms. The molecule has 3 aromatic carbocycles. The van der Waals surface area contributed by atoms with E-state index in [4.69, 9.17) is 23.2 Å². The first-order valence-corrected chi connectivity index (χ1v) is 15.1. The fourth-order valence-electron chi connectivity index (χ4n) is 7.07. The summed E-state index contributed by atoms with van der Waals surface area (Å²) in [5.74, 6) is -1.69. The molecule has 0 aliphatic carbocycles. The number of nitrogens with one attached hydrogen (secondary N) is 1. The van der Waals surface area contributed by atoms with Crippen molar-refractivity contribution in [3.8, 4) is 0 Å².